The first kappa shape index (κ1) is 11.4. The van der Waals surface area contributed by atoms with Crippen LogP contribution in [0.4, 0.5) is 0 Å². The second-order valence-corrected chi connectivity index (χ2v) is 5.07. The number of benzene rings is 1. The number of imidazole rings is 1. The summed E-state index contributed by atoms with van der Waals surface area (Å²) in [6.07, 6.45) is 1.86. The molecular formula is C13H15BrN2. The normalized spacial score (nSPS) is 11.1. The standard InChI is InChI=1S/C13H15BrN2/c1-8(2)10-5-4-9(3)11(6-10)12-7-15-13(14)16-12/h4-8H,1-3H3,(H,15,16). The van der Waals surface area contributed by atoms with Crippen LogP contribution in [-0.4, -0.2) is 9.97 Å². The van der Waals surface area contributed by atoms with E-state index >= 15 is 0 Å². The van der Waals surface area contributed by atoms with E-state index in [-0.39, 0.29) is 0 Å². The lowest BCUT2D eigenvalue weighted by Crippen LogP contribution is -1.91. The van der Waals surface area contributed by atoms with Gasteiger partial charge in [-0.2, -0.15) is 0 Å². The Morgan fingerprint density at radius 2 is 2.06 bits per heavy atom. The minimum atomic E-state index is 0.547. The molecule has 1 heterocycles. The first-order valence-corrected chi connectivity index (χ1v) is 6.18. The van der Waals surface area contributed by atoms with E-state index in [9.17, 15) is 0 Å². The van der Waals surface area contributed by atoms with Gasteiger partial charge in [0.15, 0.2) is 4.73 Å². The molecule has 0 aliphatic heterocycles. The number of aromatic nitrogens is 2. The molecule has 0 bridgehead atoms. The number of hydrogen-bond donors (Lipinski definition) is 1. The Bertz CT molecular complexity index is 500. The van der Waals surface area contributed by atoms with Crippen molar-refractivity contribution in [2.24, 2.45) is 0 Å². The molecule has 16 heavy (non-hydrogen) atoms. The van der Waals surface area contributed by atoms with E-state index in [0.717, 1.165) is 10.4 Å². The van der Waals surface area contributed by atoms with Crippen LogP contribution < -0.4 is 0 Å². The average molecular weight is 279 g/mol. The third-order valence-corrected chi connectivity index (χ3v) is 3.17. The number of nitrogens with one attached hydrogen (secondary N) is 1. The van der Waals surface area contributed by atoms with Crippen LogP contribution in [0.15, 0.2) is 29.1 Å². The third kappa shape index (κ3) is 2.19. The Morgan fingerprint density at radius 1 is 1.31 bits per heavy atom. The third-order valence-electron chi connectivity index (χ3n) is 2.76. The molecule has 0 saturated heterocycles. The van der Waals surface area contributed by atoms with Crippen LogP contribution >= 0.6 is 15.9 Å². The second kappa shape index (κ2) is 4.42. The summed E-state index contributed by atoms with van der Waals surface area (Å²) >= 11 is 3.33. The zero-order valence-electron chi connectivity index (χ0n) is 9.71. The van der Waals surface area contributed by atoms with Crippen molar-refractivity contribution >= 4 is 15.9 Å². The van der Waals surface area contributed by atoms with Crippen molar-refractivity contribution < 1.29 is 0 Å². The van der Waals surface area contributed by atoms with E-state index in [0.29, 0.717) is 5.92 Å². The smallest absolute Gasteiger partial charge is 0.174 e. The number of H-pyrrole nitrogens is 1. The van der Waals surface area contributed by atoms with Crippen molar-refractivity contribution in [1.82, 2.24) is 9.97 Å². The molecular weight excluding hydrogens is 264 g/mol. The Hall–Kier alpha value is -1.09. The van der Waals surface area contributed by atoms with Gasteiger partial charge in [0, 0.05) is 5.56 Å². The molecule has 0 amide bonds. The topological polar surface area (TPSA) is 28.7 Å². The fraction of sp³-hybridized carbons (Fsp3) is 0.308. The second-order valence-electron chi connectivity index (χ2n) is 4.32. The fourth-order valence-electron chi connectivity index (χ4n) is 1.72. The monoisotopic (exact) mass is 278 g/mol. The molecule has 0 fully saturated rings. The van der Waals surface area contributed by atoms with Gasteiger partial charge in [0.1, 0.15) is 0 Å². The first-order chi connectivity index (χ1) is 7.58. The maximum absolute atomic E-state index is 4.17. The summed E-state index contributed by atoms with van der Waals surface area (Å²) < 4.78 is 0.775. The van der Waals surface area contributed by atoms with Gasteiger partial charge >= 0.3 is 0 Å². The van der Waals surface area contributed by atoms with Crippen LogP contribution in [0, 0.1) is 6.92 Å². The van der Waals surface area contributed by atoms with E-state index in [2.05, 4.69) is 64.9 Å². The molecule has 84 valence electrons. The summed E-state index contributed by atoms with van der Waals surface area (Å²) in [5.41, 5.74) is 4.91. The number of hydrogen-bond acceptors (Lipinski definition) is 1. The molecule has 0 aliphatic rings. The summed E-state index contributed by atoms with van der Waals surface area (Å²) in [7, 11) is 0. The Morgan fingerprint density at radius 3 is 2.62 bits per heavy atom. The SMILES string of the molecule is Cc1ccc(C(C)C)cc1-c1cnc(Br)[nH]1. The fourth-order valence-corrected chi connectivity index (χ4v) is 2.04. The lowest BCUT2D eigenvalue weighted by atomic mass is 9.97. The molecule has 1 aromatic carbocycles. The van der Waals surface area contributed by atoms with Crippen molar-refractivity contribution in [3.05, 3.63) is 40.3 Å². The highest BCUT2D eigenvalue weighted by Crippen LogP contribution is 2.26. The predicted molar refractivity (Wildman–Crippen MR) is 70.5 cm³/mol. The zero-order chi connectivity index (χ0) is 11.7. The van der Waals surface area contributed by atoms with Gasteiger partial charge in [0.2, 0.25) is 0 Å². The summed E-state index contributed by atoms with van der Waals surface area (Å²) in [5, 5.41) is 0. The lowest BCUT2D eigenvalue weighted by Gasteiger charge is -2.09. The molecule has 0 unspecified atom stereocenters. The van der Waals surface area contributed by atoms with Crippen molar-refractivity contribution in [3.8, 4) is 11.3 Å². The minimum absolute atomic E-state index is 0.547. The number of aryl methyl sites for hydroxylation is 1. The molecule has 2 nitrogen and oxygen atoms in total. The van der Waals surface area contributed by atoms with Gasteiger partial charge in [-0.1, -0.05) is 26.0 Å². The lowest BCUT2D eigenvalue weighted by molar-refractivity contribution is 0.866. The molecule has 0 saturated carbocycles. The van der Waals surface area contributed by atoms with Gasteiger partial charge < -0.3 is 4.98 Å². The van der Waals surface area contributed by atoms with Crippen LogP contribution in [-0.2, 0) is 0 Å². The van der Waals surface area contributed by atoms with Crippen LogP contribution in [0.25, 0.3) is 11.3 Å². The summed E-state index contributed by atoms with van der Waals surface area (Å²) in [5.74, 6) is 0.547. The van der Waals surface area contributed by atoms with E-state index in [1.807, 2.05) is 6.20 Å². The highest BCUT2D eigenvalue weighted by molar-refractivity contribution is 9.10. The molecule has 0 radical (unpaired) electrons. The van der Waals surface area contributed by atoms with E-state index in [1.54, 1.807) is 0 Å². The van der Waals surface area contributed by atoms with E-state index in [1.165, 1.54) is 16.7 Å². The quantitative estimate of drug-likeness (QED) is 0.873. The molecule has 1 N–H and O–H groups in total. The Labute approximate surface area is 104 Å². The van der Waals surface area contributed by atoms with Crippen LogP contribution in [0.5, 0.6) is 0 Å². The zero-order valence-corrected chi connectivity index (χ0v) is 11.3. The summed E-state index contributed by atoms with van der Waals surface area (Å²) in [6.45, 7) is 6.53. The maximum Gasteiger partial charge on any atom is 0.174 e. The Kier molecular flexibility index (Phi) is 3.15. The van der Waals surface area contributed by atoms with Crippen molar-refractivity contribution in [2.75, 3.05) is 0 Å². The van der Waals surface area contributed by atoms with Gasteiger partial charge in [0.05, 0.1) is 11.9 Å². The van der Waals surface area contributed by atoms with Gasteiger partial charge in [-0.05, 0) is 46.0 Å². The number of rotatable bonds is 2. The minimum Gasteiger partial charge on any atom is -0.333 e. The summed E-state index contributed by atoms with van der Waals surface area (Å²) in [4.78, 5) is 7.37. The molecule has 1 aromatic heterocycles. The molecule has 0 spiro atoms. The van der Waals surface area contributed by atoms with Crippen molar-refractivity contribution in [1.29, 1.82) is 0 Å². The number of nitrogens with zero attached hydrogens (tertiary/aromatic N) is 1. The molecule has 2 rings (SSSR count). The number of halogens is 1. The van der Waals surface area contributed by atoms with Gasteiger partial charge in [-0.25, -0.2) is 4.98 Å². The van der Waals surface area contributed by atoms with Crippen LogP contribution in [0.2, 0.25) is 0 Å². The van der Waals surface area contributed by atoms with Gasteiger partial charge in [-0.3, -0.25) is 0 Å². The van der Waals surface area contributed by atoms with E-state index < -0.39 is 0 Å². The molecule has 0 aliphatic carbocycles. The van der Waals surface area contributed by atoms with Gasteiger partial charge in [-0.15, -0.1) is 0 Å². The largest absolute Gasteiger partial charge is 0.333 e. The Balaban J connectivity index is 2.51. The van der Waals surface area contributed by atoms with Crippen molar-refractivity contribution in [2.45, 2.75) is 26.7 Å². The van der Waals surface area contributed by atoms with Crippen LogP contribution in [0.1, 0.15) is 30.9 Å². The molecule has 2 aromatic rings. The highest BCUT2D eigenvalue weighted by Gasteiger charge is 2.07. The average Bonchev–Trinajstić information content (AvgIpc) is 2.65. The van der Waals surface area contributed by atoms with Crippen LogP contribution in [0.3, 0.4) is 0 Å². The van der Waals surface area contributed by atoms with Crippen molar-refractivity contribution in [3.63, 3.8) is 0 Å². The maximum atomic E-state index is 4.17. The number of aromatic amines is 1. The molecule has 3 heteroatoms. The highest BCUT2D eigenvalue weighted by atomic mass is 79.9. The van der Waals surface area contributed by atoms with Gasteiger partial charge in [0.25, 0.3) is 0 Å². The summed E-state index contributed by atoms with van der Waals surface area (Å²) in [6, 6.07) is 6.59. The molecule has 0 atom stereocenters. The first-order valence-electron chi connectivity index (χ1n) is 5.39. The van der Waals surface area contributed by atoms with E-state index in [4.69, 9.17) is 0 Å². The predicted octanol–water partition coefficient (Wildman–Crippen LogP) is 4.27.